The summed E-state index contributed by atoms with van der Waals surface area (Å²) in [4.78, 5) is 12.0. The van der Waals surface area contributed by atoms with E-state index in [1.165, 1.54) is 6.20 Å². The second-order valence-electron chi connectivity index (χ2n) is 4.70. The van der Waals surface area contributed by atoms with Crippen molar-refractivity contribution >= 4 is 11.6 Å². The summed E-state index contributed by atoms with van der Waals surface area (Å²) in [5.41, 5.74) is 2.69. The summed E-state index contributed by atoms with van der Waals surface area (Å²) in [7, 11) is 0. The molecule has 0 saturated heterocycles. The van der Waals surface area contributed by atoms with Crippen molar-refractivity contribution in [3.8, 4) is 6.07 Å². The number of aliphatic hydroxyl groups excluding tert-OH is 1. The molecule has 5 nitrogen and oxygen atoms in total. The summed E-state index contributed by atoms with van der Waals surface area (Å²) in [5.74, 6) is -0.474. The molecule has 0 fully saturated rings. The molecule has 1 aromatic rings. The number of aliphatic hydroxyl groups is 1. The van der Waals surface area contributed by atoms with Gasteiger partial charge < -0.3 is 15.7 Å². The molecule has 0 aromatic heterocycles. The summed E-state index contributed by atoms with van der Waals surface area (Å²) in [6.45, 7) is 5.76. The van der Waals surface area contributed by atoms with Gasteiger partial charge in [0, 0.05) is 18.4 Å². The van der Waals surface area contributed by atoms with Crippen molar-refractivity contribution in [1.29, 1.82) is 5.26 Å². The maximum Gasteiger partial charge on any atom is 0.267 e. The molecule has 3 N–H and O–H groups in total. The number of hydrogen-bond acceptors (Lipinski definition) is 4. The predicted molar refractivity (Wildman–Crippen MR) is 77.9 cm³/mol. The van der Waals surface area contributed by atoms with Gasteiger partial charge in [-0.05, 0) is 32.4 Å². The Balaban J connectivity index is 2.75. The topological polar surface area (TPSA) is 85.2 Å². The van der Waals surface area contributed by atoms with E-state index in [2.05, 4.69) is 10.6 Å². The molecule has 0 heterocycles. The lowest BCUT2D eigenvalue weighted by Crippen LogP contribution is -2.22. The molecule has 5 heteroatoms. The number of nitriles is 1. The standard InChI is InChI=1S/C15H19N3O2/c1-10-4-5-14(11(2)6-10)18-15(20)13(7-16)9-17-8-12(3)19/h4-6,9,12,17,19H,8H2,1-3H3,(H,18,20)/b13-9-. The number of nitrogens with zero attached hydrogens (tertiary/aromatic N) is 1. The van der Waals surface area contributed by atoms with Crippen LogP contribution in [0.2, 0.25) is 0 Å². The molecule has 1 amide bonds. The number of nitrogens with one attached hydrogen (secondary N) is 2. The van der Waals surface area contributed by atoms with Gasteiger partial charge in [0.25, 0.3) is 5.91 Å². The van der Waals surface area contributed by atoms with Crippen LogP contribution in [0.15, 0.2) is 30.0 Å². The van der Waals surface area contributed by atoms with Crippen LogP contribution in [-0.4, -0.2) is 23.7 Å². The van der Waals surface area contributed by atoms with Crippen LogP contribution in [0.3, 0.4) is 0 Å². The first-order valence-corrected chi connectivity index (χ1v) is 6.34. The summed E-state index contributed by atoms with van der Waals surface area (Å²) >= 11 is 0. The average molecular weight is 273 g/mol. The molecule has 1 rings (SSSR count). The molecular weight excluding hydrogens is 254 g/mol. The minimum atomic E-state index is -0.548. The lowest BCUT2D eigenvalue weighted by Gasteiger charge is -2.09. The normalized spacial score (nSPS) is 12.4. The maximum atomic E-state index is 12.0. The van der Waals surface area contributed by atoms with E-state index in [1.807, 2.05) is 32.0 Å². The number of benzene rings is 1. The van der Waals surface area contributed by atoms with Gasteiger partial charge in [-0.2, -0.15) is 5.26 Å². The third-order valence-electron chi connectivity index (χ3n) is 2.65. The number of aryl methyl sites for hydroxylation is 2. The minimum absolute atomic E-state index is 0.0365. The summed E-state index contributed by atoms with van der Waals surface area (Å²) in [6.07, 6.45) is 0.763. The van der Waals surface area contributed by atoms with Gasteiger partial charge >= 0.3 is 0 Å². The third-order valence-corrected chi connectivity index (χ3v) is 2.65. The molecule has 106 valence electrons. The van der Waals surface area contributed by atoms with E-state index in [-0.39, 0.29) is 12.1 Å². The van der Waals surface area contributed by atoms with Crippen molar-refractivity contribution in [2.45, 2.75) is 26.9 Å². The van der Waals surface area contributed by atoms with Gasteiger partial charge in [-0.1, -0.05) is 17.7 Å². The lowest BCUT2D eigenvalue weighted by molar-refractivity contribution is -0.112. The van der Waals surface area contributed by atoms with Crippen LogP contribution in [0.1, 0.15) is 18.1 Å². The van der Waals surface area contributed by atoms with E-state index in [1.54, 1.807) is 13.0 Å². The quantitative estimate of drug-likeness (QED) is 0.562. The van der Waals surface area contributed by atoms with Crippen LogP contribution in [0.5, 0.6) is 0 Å². The van der Waals surface area contributed by atoms with Crippen LogP contribution in [-0.2, 0) is 4.79 Å². The second-order valence-corrected chi connectivity index (χ2v) is 4.70. The zero-order chi connectivity index (χ0) is 15.1. The van der Waals surface area contributed by atoms with Gasteiger partial charge in [0.1, 0.15) is 11.6 Å². The summed E-state index contributed by atoms with van der Waals surface area (Å²) < 4.78 is 0. The van der Waals surface area contributed by atoms with Crippen molar-refractivity contribution < 1.29 is 9.90 Å². The fourth-order valence-corrected chi connectivity index (χ4v) is 1.62. The molecule has 20 heavy (non-hydrogen) atoms. The van der Waals surface area contributed by atoms with Gasteiger partial charge in [0.15, 0.2) is 0 Å². The molecule has 0 bridgehead atoms. The second kappa shape index (κ2) is 7.31. The average Bonchev–Trinajstić information content (AvgIpc) is 2.37. The number of amides is 1. The monoisotopic (exact) mass is 273 g/mol. The fraction of sp³-hybridized carbons (Fsp3) is 0.333. The molecule has 0 aliphatic carbocycles. The van der Waals surface area contributed by atoms with Crippen molar-refractivity contribution in [3.05, 3.63) is 41.1 Å². The Morgan fingerprint density at radius 1 is 1.50 bits per heavy atom. The molecular formula is C15H19N3O2. The Labute approximate surface area is 118 Å². The van der Waals surface area contributed by atoms with Gasteiger partial charge in [-0.3, -0.25) is 4.79 Å². The number of carbonyl (C=O) groups excluding carboxylic acids is 1. The highest BCUT2D eigenvalue weighted by atomic mass is 16.3. The van der Waals surface area contributed by atoms with Crippen LogP contribution in [0.25, 0.3) is 0 Å². The molecule has 0 saturated carbocycles. The van der Waals surface area contributed by atoms with Crippen LogP contribution in [0, 0.1) is 25.2 Å². The first-order valence-electron chi connectivity index (χ1n) is 6.34. The highest BCUT2D eigenvalue weighted by Crippen LogP contribution is 2.16. The molecule has 0 spiro atoms. The Morgan fingerprint density at radius 3 is 2.75 bits per heavy atom. The highest BCUT2D eigenvalue weighted by molar-refractivity contribution is 6.06. The zero-order valence-electron chi connectivity index (χ0n) is 11.9. The van der Waals surface area contributed by atoms with E-state index in [0.717, 1.165) is 11.1 Å². The Kier molecular flexibility index (Phi) is 5.75. The number of rotatable bonds is 5. The molecule has 0 aliphatic heterocycles. The maximum absolute atomic E-state index is 12.0. The fourth-order valence-electron chi connectivity index (χ4n) is 1.62. The molecule has 0 radical (unpaired) electrons. The lowest BCUT2D eigenvalue weighted by atomic mass is 10.1. The highest BCUT2D eigenvalue weighted by Gasteiger charge is 2.10. The van der Waals surface area contributed by atoms with Crippen molar-refractivity contribution in [3.63, 3.8) is 0 Å². The summed E-state index contributed by atoms with van der Waals surface area (Å²) in [5, 5.41) is 23.5. The van der Waals surface area contributed by atoms with Crippen molar-refractivity contribution in [1.82, 2.24) is 5.32 Å². The minimum Gasteiger partial charge on any atom is -0.392 e. The Hall–Kier alpha value is -2.32. The first-order chi connectivity index (χ1) is 9.43. The van der Waals surface area contributed by atoms with Gasteiger partial charge in [0.2, 0.25) is 0 Å². The van der Waals surface area contributed by atoms with Gasteiger partial charge in [-0.25, -0.2) is 0 Å². The molecule has 1 unspecified atom stereocenters. The number of anilines is 1. The van der Waals surface area contributed by atoms with Crippen LogP contribution >= 0.6 is 0 Å². The molecule has 1 atom stereocenters. The SMILES string of the molecule is Cc1ccc(NC(=O)/C(C#N)=C\NCC(C)O)c(C)c1. The predicted octanol–water partition coefficient (Wildman–Crippen LogP) is 1.62. The number of carbonyl (C=O) groups is 1. The Bertz CT molecular complexity index is 557. The van der Waals surface area contributed by atoms with Crippen molar-refractivity contribution in [2.75, 3.05) is 11.9 Å². The van der Waals surface area contributed by atoms with Crippen molar-refractivity contribution in [2.24, 2.45) is 0 Å². The van der Waals surface area contributed by atoms with Gasteiger partial charge in [-0.15, -0.1) is 0 Å². The first kappa shape index (κ1) is 15.7. The zero-order valence-corrected chi connectivity index (χ0v) is 11.9. The molecule has 1 aromatic carbocycles. The van der Waals surface area contributed by atoms with E-state index in [4.69, 9.17) is 10.4 Å². The van der Waals surface area contributed by atoms with E-state index in [9.17, 15) is 4.79 Å². The van der Waals surface area contributed by atoms with E-state index < -0.39 is 12.0 Å². The number of hydrogen-bond donors (Lipinski definition) is 3. The third kappa shape index (κ3) is 4.75. The van der Waals surface area contributed by atoms with Crippen LogP contribution < -0.4 is 10.6 Å². The van der Waals surface area contributed by atoms with E-state index in [0.29, 0.717) is 5.69 Å². The summed E-state index contributed by atoms with van der Waals surface area (Å²) in [6, 6.07) is 7.49. The smallest absolute Gasteiger partial charge is 0.267 e. The Morgan fingerprint density at radius 2 is 2.20 bits per heavy atom. The van der Waals surface area contributed by atoms with Crippen LogP contribution in [0.4, 0.5) is 5.69 Å². The largest absolute Gasteiger partial charge is 0.392 e. The van der Waals surface area contributed by atoms with E-state index >= 15 is 0 Å². The molecule has 0 aliphatic rings. The van der Waals surface area contributed by atoms with Gasteiger partial charge in [0.05, 0.1) is 6.10 Å².